The van der Waals surface area contributed by atoms with Gasteiger partial charge in [-0.2, -0.15) is 0 Å². The van der Waals surface area contributed by atoms with Gasteiger partial charge in [0.25, 0.3) is 0 Å². The highest BCUT2D eigenvalue weighted by atomic mass is 32.1. The van der Waals surface area contributed by atoms with Gasteiger partial charge in [-0.1, -0.05) is 30.3 Å². The Morgan fingerprint density at radius 2 is 1.70 bits per heavy atom. The molecule has 0 aliphatic rings. The van der Waals surface area contributed by atoms with Crippen molar-refractivity contribution >= 4 is 28.9 Å². The maximum atomic E-state index is 12.7. The molecular weight excluding hydrogens is 275 g/mol. The first-order chi connectivity index (χ1) is 9.63. The molecule has 0 saturated heterocycles. The van der Waals surface area contributed by atoms with Crippen LogP contribution in [0.15, 0.2) is 54.6 Å². The molecule has 0 aliphatic heterocycles. The molecule has 3 nitrogen and oxygen atoms in total. The number of hydrogen-bond acceptors (Lipinski definition) is 2. The predicted molar refractivity (Wildman–Crippen MR) is 80.9 cm³/mol. The maximum absolute atomic E-state index is 12.7. The van der Waals surface area contributed by atoms with Gasteiger partial charge in [-0.15, -0.1) is 0 Å². The van der Waals surface area contributed by atoms with Gasteiger partial charge < -0.3 is 10.6 Å². The third kappa shape index (κ3) is 4.44. The molecule has 0 heterocycles. The zero-order valence-electron chi connectivity index (χ0n) is 10.6. The van der Waals surface area contributed by atoms with E-state index in [1.165, 1.54) is 12.1 Å². The van der Waals surface area contributed by atoms with Crippen LogP contribution in [0.25, 0.3) is 0 Å². The van der Waals surface area contributed by atoms with Gasteiger partial charge in [0.15, 0.2) is 5.11 Å². The summed E-state index contributed by atoms with van der Waals surface area (Å²) in [7, 11) is 0. The average molecular weight is 288 g/mol. The molecule has 0 aliphatic carbocycles. The van der Waals surface area contributed by atoms with Crippen molar-refractivity contribution in [2.45, 2.75) is 6.42 Å². The Labute approximate surface area is 121 Å². The van der Waals surface area contributed by atoms with Crippen LogP contribution < -0.4 is 10.6 Å². The van der Waals surface area contributed by atoms with E-state index in [2.05, 4.69) is 10.6 Å². The Morgan fingerprint density at radius 1 is 1.05 bits per heavy atom. The molecule has 0 saturated carbocycles. The van der Waals surface area contributed by atoms with Crippen LogP contribution in [-0.2, 0) is 11.2 Å². The molecule has 0 unspecified atom stereocenters. The van der Waals surface area contributed by atoms with Crippen LogP contribution in [0.5, 0.6) is 0 Å². The first-order valence-electron chi connectivity index (χ1n) is 6.04. The fourth-order valence-corrected chi connectivity index (χ4v) is 1.88. The average Bonchev–Trinajstić information content (AvgIpc) is 2.42. The standard InChI is InChI=1S/C15H13FN2OS/c16-12-6-8-13(9-7-12)17-15(20)18-14(19)10-11-4-2-1-3-5-11/h1-9H,10H2,(H2,17,18,19,20). The smallest absolute Gasteiger partial charge is 0.230 e. The lowest BCUT2D eigenvalue weighted by Gasteiger charge is -2.09. The van der Waals surface area contributed by atoms with Crippen LogP contribution in [0.2, 0.25) is 0 Å². The SMILES string of the molecule is O=C(Cc1ccccc1)NC(=S)Nc1ccc(F)cc1. The number of halogens is 1. The van der Waals surface area contributed by atoms with Gasteiger partial charge in [0.2, 0.25) is 5.91 Å². The second kappa shape index (κ2) is 6.77. The van der Waals surface area contributed by atoms with Crippen LogP contribution in [0.4, 0.5) is 10.1 Å². The summed E-state index contributed by atoms with van der Waals surface area (Å²) in [5, 5.41) is 5.59. The lowest BCUT2D eigenvalue weighted by atomic mass is 10.1. The Morgan fingerprint density at radius 3 is 2.35 bits per heavy atom. The zero-order chi connectivity index (χ0) is 14.4. The lowest BCUT2D eigenvalue weighted by molar-refractivity contribution is -0.119. The molecule has 1 amide bonds. The number of carbonyl (C=O) groups is 1. The predicted octanol–water partition coefficient (Wildman–Crippen LogP) is 2.88. The van der Waals surface area contributed by atoms with Gasteiger partial charge in [-0.05, 0) is 42.0 Å². The Bertz CT molecular complexity index is 599. The topological polar surface area (TPSA) is 41.1 Å². The van der Waals surface area contributed by atoms with E-state index >= 15 is 0 Å². The fourth-order valence-electron chi connectivity index (χ4n) is 1.65. The maximum Gasteiger partial charge on any atom is 0.230 e. The Kier molecular flexibility index (Phi) is 4.79. The number of nitrogens with one attached hydrogen (secondary N) is 2. The van der Waals surface area contributed by atoms with Crippen LogP contribution in [0.3, 0.4) is 0 Å². The number of benzene rings is 2. The van der Waals surface area contributed by atoms with Crippen molar-refractivity contribution in [1.29, 1.82) is 0 Å². The summed E-state index contributed by atoms with van der Waals surface area (Å²) in [6.07, 6.45) is 0.256. The third-order valence-electron chi connectivity index (χ3n) is 2.56. The van der Waals surface area contributed by atoms with Crippen molar-refractivity contribution in [3.8, 4) is 0 Å². The number of amides is 1. The van der Waals surface area contributed by atoms with Crippen molar-refractivity contribution < 1.29 is 9.18 Å². The number of hydrogen-bond donors (Lipinski definition) is 2. The molecular formula is C15H13FN2OS. The van der Waals surface area contributed by atoms with Crippen LogP contribution in [0.1, 0.15) is 5.56 Å². The number of rotatable bonds is 3. The van der Waals surface area contributed by atoms with E-state index in [4.69, 9.17) is 12.2 Å². The zero-order valence-corrected chi connectivity index (χ0v) is 11.4. The normalized spacial score (nSPS) is 9.85. The third-order valence-corrected chi connectivity index (χ3v) is 2.77. The van der Waals surface area contributed by atoms with E-state index in [0.29, 0.717) is 5.69 Å². The lowest BCUT2D eigenvalue weighted by Crippen LogP contribution is -2.35. The molecule has 0 bridgehead atoms. The van der Waals surface area contributed by atoms with E-state index in [0.717, 1.165) is 5.56 Å². The van der Waals surface area contributed by atoms with E-state index in [1.807, 2.05) is 30.3 Å². The second-order valence-electron chi connectivity index (χ2n) is 4.17. The van der Waals surface area contributed by atoms with Gasteiger partial charge in [-0.3, -0.25) is 4.79 Å². The van der Waals surface area contributed by atoms with Gasteiger partial charge in [-0.25, -0.2) is 4.39 Å². The summed E-state index contributed by atoms with van der Waals surface area (Å²) in [6.45, 7) is 0. The largest absolute Gasteiger partial charge is 0.332 e. The van der Waals surface area contributed by atoms with E-state index in [-0.39, 0.29) is 23.3 Å². The monoisotopic (exact) mass is 288 g/mol. The minimum Gasteiger partial charge on any atom is -0.332 e. The van der Waals surface area contributed by atoms with Crippen molar-refractivity contribution in [2.75, 3.05) is 5.32 Å². The highest BCUT2D eigenvalue weighted by molar-refractivity contribution is 7.80. The van der Waals surface area contributed by atoms with Crippen molar-refractivity contribution in [1.82, 2.24) is 5.32 Å². The summed E-state index contributed by atoms with van der Waals surface area (Å²) in [4.78, 5) is 11.8. The highest BCUT2D eigenvalue weighted by Crippen LogP contribution is 2.08. The van der Waals surface area contributed by atoms with Crippen LogP contribution in [-0.4, -0.2) is 11.0 Å². The van der Waals surface area contributed by atoms with Crippen molar-refractivity contribution in [3.05, 3.63) is 66.0 Å². The second-order valence-corrected chi connectivity index (χ2v) is 4.58. The molecule has 20 heavy (non-hydrogen) atoms. The molecule has 0 fully saturated rings. The number of thiocarbonyl (C=S) groups is 1. The first kappa shape index (κ1) is 14.1. The molecule has 2 aromatic rings. The molecule has 0 atom stereocenters. The molecule has 2 rings (SSSR count). The molecule has 2 N–H and O–H groups in total. The van der Waals surface area contributed by atoms with Crippen molar-refractivity contribution in [2.24, 2.45) is 0 Å². The number of carbonyl (C=O) groups excluding carboxylic acids is 1. The van der Waals surface area contributed by atoms with Gasteiger partial charge in [0, 0.05) is 5.69 Å². The Hall–Kier alpha value is -2.27. The van der Waals surface area contributed by atoms with E-state index in [9.17, 15) is 9.18 Å². The molecule has 0 aromatic heterocycles. The molecule has 0 radical (unpaired) electrons. The molecule has 0 spiro atoms. The summed E-state index contributed by atoms with van der Waals surface area (Å²) in [5.41, 5.74) is 1.53. The van der Waals surface area contributed by atoms with Crippen molar-refractivity contribution in [3.63, 3.8) is 0 Å². The highest BCUT2D eigenvalue weighted by Gasteiger charge is 2.06. The van der Waals surface area contributed by atoms with Crippen LogP contribution >= 0.6 is 12.2 Å². The van der Waals surface area contributed by atoms with Gasteiger partial charge >= 0.3 is 0 Å². The summed E-state index contributed by atoms with van der Waals surface area (Å²) >= 11 is 5.02. The van der Waals surface area contributed by atoms with Gasteiger partial charge in [0.05, 0.1) is 6.42 Å². The minimum atomic E-state index is -0.324. The number of anilines is 1. The van der Waals surface area contributed by atoms with Crippen LogP contribution in [0, 0.1) is 5.82 Å². The molecule has 5 heteroatoms. The van der Waals surface area contributed by atoms with Gasteiger partial charge in [0.1, 0.15) is 5.82 Å². The molecule has 102 valence electrons. The summed E-state index contributed by atoms with van der Waals surface area (Å²) < 4.78 is 12.7. The Balaban J connectivity index is 1.85. The summed E-state index contributed by atoms with van der Waals surface area (Å²) in [6, 6.07) is 15.1. The molecule has 2 aromatic carbocycles. The first-order valence-corrected chi connectivity index (χ1v) is 6.44. The van der Waals surface area contributed by atoms with E-state index in [1.54, 1.807) is 12.1 Å². The summed E-state index contributed by atoms with van der Waals surface area (Å²) in [5.74, 6) is -0.523. The van der Waals surface area contributed by atoms with E-state index < -0.39 is 0 Å². The quantitative estimate of drug-likeness (QED) is 0.853. The fraction of sp³-hybridized carbons (Fsp3) is 0.0667. The minimum absolute atomic E-state index is 0.192.